The topological polar surface area (TPSA) is 113 Å². The molecular weight excluding hydrogens is 508 g/mol. The summed E-state index contributed by atoms with van der Waals surface area (Å²) in [6, 6.07) is 8.77. The van der Waals surface area contributed by atoms with E-state index in [1.54, 1.807) is 9.58 Å². The Bertz CT molecular complexity index is 1160. The van der Waals surface area contributed by atoms with Crippen LogP contribution in [0.15, 0.2) is 36.5 Å². The highest BCUT2D eigenvalue weighted by atomic mass is 16.5. The fraction of sp³-hybridized carbons (Fsp3) is 0.667. The van der Waals surface area contributed by atoms with Crippen LogP contribution in [0.5, 0.6) is 0 Å². The fourth-order valence-electron chi connectivity index (χ4n) is 6.02. The molecule has 2 saturated heterocycles. The molecular formula is C30H44N6O4. The normalized spacial score (nSPS) is 25.5. The monoisotopic (exact) mass is 552 g/mol. The molecule has 3 fully saturated rings. The standard InChI is InChI=1S/C30H44N6O4/c1-5-23(26-19-34(13-14-40-26)16-20-9-7-6-8-10-20)31-28(38)25-15-22(37)17-35(25)29(39)27(30(2,3)4)36-18-24(32-33-36)21-11-12-21/h6-10,18,21-23,25-27,37H,5,11-17,19H2,1-4H3,(H,31,38)/t22-,23?,25+,26?,27-/m1/s1. The lowest BCUT2D eigenvalue weighted by Gasteiger charge is -2.38. The third-order valence-corrected chi connectivity index (χ3v) is 8.35. The van der Waals surface area contributed by atoms with Crippen LogP contribution in [0.1, 0.15) is 76.6 Å². The third kappa shape index (κ3) is 6.56. The van der Waals surface area contributed by atoms with Gasteiger partial charge >= 0.3 is 0 Å². The predicted molar refractivity (Wildman–Crippen MR) is 150 cm³/mol. The summed E-state index contributed by atoms with van der Waals surface area (Å²) >= 11 is 0. The molecule has 3 aliphatic rings. The van der Waals surface area contributed by atoms with Crippen molar-refractivity contribution in [3.63, 3.8) is 0 Å². The van der Waals surface area contributed by atoms with E-state index in [0.717, 1.165) is 31.6 Å². The number of rotatable bonds is 9. The maximum atomic E-state index is 14.0. The zero-order chi connectivity index (χ0) is 28.4. The highest BCUT2D eigenvalue weighted by Crippen LogP contribution is 2.40. The van der Waals surface area contributed by atoms with E-state index in [-0.39, 0.29) is 36.9 Å². The van der Waals surface area contributed by atoms with Crippen LogP contribution in [0.3, 0.4) is 0 Å². The Morgan fingerprint density at radius 1 is 1.18 bits per heavy atom. The number of hydrogen-bond donors (Lipinski definition) is 2. The molecule has 2 N–H and O–H groups in total. The van der Waals surface area contributed by atoms with Gasteiger partial charge in [0, 0.05) is 44.7 Å². The Kier molecular flexibility index (Phi) is 8.58. The number of amides is 2. The lowest BCUT2D eigenvalue weighted by molar-refractivity contribution is -0.144. The van der Waals surface area contributed by atoms with Crippen molar-refractivity contribution < 1.29 is 19.4 Å². The number of aliphatic hydroxyl groups is 1. The molecule has 0 spiro atoms. The summed E-state index contributed by atoms with van der Waals surface area (Å²) in [4.78, 5) is 31.6. The van der Waals surface area contributed by atoms with Crippen LogP contribution in [-0.4, -0.2) is 92.2 Å². The van der Waals surface area contributed by atoms with Crippen LogP contribution in [0.2, 0.25) is 0 Å². The molecule has 1 aromatic heterocycles. The molecule has 10 nitrogen and oxygen atoms in total. The van der Waals surface area contributed by atoms with Crippen LogP contribution >= 0.6 is 0 Å². The van der Waals surface area contributed by atoms with Crippen LogP contribution in [0.25, 0.3) is 0 Å². The molecule has 3 heterocycles. The van der Waals surface area contributed by atoms with Gasteiger partial charge in [0.15, 0.2) is 0 Å². The molecule has 5 rings (SSSR count). The van der Waals surface area contributed by atoms with Crippen LogP contribution in [0, 0.1) is 5.41 Å². The maximum absolute atomic E-state index is 14.0. The number of ether oxygens (including phenoxy) is 1. The number of carbonyl (C=O) groups excluding carboxylic acids is 2. The van der Waals surface area contributed by atoms with Crippen LogP contribution in [0.4, 0.5) is 0 Å². The maximum Gasteiger partial charge on any atom is 0.248 e. The van der Waals surface area contributed by atoms with E-state index in [2.05, 4.69) is 32.7 Å². The first-order chi connectivity index (χ1) is 19.1. The Morgan fingerprint density at radius 2 is 1.93 bits per heavy atom. The van der Waals surface area contributed by atoms with Crippen molar-refractivity contribution in [2.24, 2.45) is 5.41 Å². The number of aromatic nitrogens is 3. The molecule has 2 amide bonds. The highest BCUT2D eigenvalue weighted by Gasteiger charge is 2.46. The molecule has 0 radical (unpaired) electrons. The molecule has 2 unspecified atom stereocenters. The molecule has 218 valence electrons. The van der Waals surface area contributed by atoms with Gasteiger partial charge in [-0.05, 0) is 30.2 Å². The van der Waals surface area contributed by atoms with Gasteiger partial charge in [0.2, 0.25) is 11.8 Å². The molecule has 1 aromatic carbocycles. The van der Waals surface area contributed by atoms with Gasteiger partial charge in [-0.1, -0.05) is 63.2 Å². The number of morpholine rings is 1. The van der Waals surface area contributed by atoms with Crippen molar-refractivity contribution in [1.82, 2.24) is 30.1 Å². The van der Waals surface area contributed by atoms with E-state index in [4.69, 9.17) is 4.74 Å². The summed E-state index contributed by atoms with van der Waals surface area (Å²) in [5.41, 5.74) is 1.70. The van der Waals surface area contributed by atoms with Gasteiger partial charge in [0.05, 0.1) is 30.6 Å². The minimum absolute atomic E-state index is 0.120. The first-order valence-electron chi connectivity index (χ1n) is 14.7. The lowest BCUT2D eigenvalue weighted by Crippen LogP contribution is -2.57. The molecule has 1 saturated carbocycles. The van der Waals surface area contributed by atoms with Gasteiger partial charge in [-0.3, -0.25) is 14.5 Å². The van der Waals surface area contributed by atoms with Crippen molar-refractivity contribution in [2.45, 2.75) is 96.2 Å². The summed E-state index contributed by atoms with van der Waals surface area (Å²) in [5, 5.41) is 22.4. The van der Waals surface area contributed by atoms with Gasteiger partial charge in [-0.2, -0.15) is 0 Å². The van der Waals surface area contributed by atoms with E-state index >= 15 is 0 Å². The number of benzene rings is 1. The number of hydrogen-bond acceptors (Lipinski definition) is 7. The number of nitrogens with zero attached hydrogens (tertiary/aromatic N) is 5. The first kappa shape index (κ1) is 28.7. The zero-order valence-electron chi connectivity index (χ0n) is 24.2. The first-order valence-corrected chi connectivity index (χ1v) is 14.7. The van der Waals surface area contributed by atoms with Crippen molar-refractivity contribution in [1.29, 1.82) is 0 Å². The highest BCUT2D eigenvalue weighted by molar-refractivity contribution is 5.90. The van der Waals surface area contributed by atoms with Crippen LogP contribution in [-0.2, 0) is 20.9 Å². The van der Waals surface area contributed by atoms with Crippen LogP contribution < -0.4 is 5.32 Å². The number of aliphatic hydroxyl groups excluding tert-OH is 1. The van der Waals surface area contributed by atoms with Crippen molar-refractivity contribution in [3.05, 3.63) is 47.8 Å². The van der Waals surface area contributed by atoms with E-state index in [1.165, 1.54) is 5.56 Å². The summed E-state index contributed by atoms with van der Waals surface area (Å²) in [6.45, 7) is 11.1. The quantitative estimate of drug-likeness (QED) is 0.492. The Hall–Kier alpha value is -2.82. The van der Waals surface area contributed by atoms with E-state index in [0.29, 0.717) is 25.5 Å². The second kappa shape index (κ2) is 12.0. The molecule has 10 heteroatoms. The zero-order valence-corrected chi connectivity index (χ0v) is 24.2. The fourth-order valence-corrected chi connectivity index (χ4v) is 6.02. The SMILES string of the molecule is CCC(NC(=O)[C@@H]1C[C@@H](O)CN1C(=O)[C@@H](n1cc(C2CC2)nn1)C(C)(C)C)C1CN(Cc2ccccc2)CCO1. The van der Waals surface area contributed by atoms with Gasteiger partial charge < -0.3 is 20.1 Å². The van der Waals surface area contributed by atoms with Crippen molar-refractivity contribution in [3.8, 4) is 0 Å². The second-order valence-corrected chi connectivity index (χ2v) is 12.7. The van der Waals surface area contributed by atoms with Gasteiger partial charge in [0.25, 0.3) is 0 Å². The van der Waals surface area contributed by atoms with E-state index in [9.17, 15) is 14.7 Å². The third-order valence-electron chi connectivity index (χ3n) is 8.35. The van der Waals surface area contributed by atoms with Gasteiger partial charge in [-0.25, -0.2) is 4.68 Å². The summed E-state index contributed by atoms with van der Waals surface area (Å²) in [5.74, 6) is -0.0360. The largest absolute Gasteiger partial charge is 0.391 e. The minimum atomic E-state index is -0.759. The Morgan fingerprint density at radius 3 is 2.60 bits per heavy atom. The predicted octanol–water partition coefficient (Wildman–Crippen LogP) is 2.50. The minimum Gasteiger partial charge on any atom is -0.391 e. The molecule has 1 aliphatic carbocycles. The van der Waals surface area contributed by atoms with Crippen molar-refractivity contribution in [2.75, 3.05) is 26.2 Å². The van der Waals surface area contributed by atoms with E-state index in [1.807, 2.05) is 52.1 Å². The average molecular weight is 553 g/mol. The van der Waals surface area contributed by atoms with Crippen molar-refractivity contribution >= 4 is 11.8 Å². The second-order valence-electron chi connectivity index (χ2n) is 12.7. The number of β-amino-alcohol motifs (C(OH)–C–C–N with tert-alkyl or cyclic N) is 1. The number of nitrogens with one attached hydrogen (secondary N) is 1. The molecule has 40 heavy (non-hydrogen) atoms. The number of likely N-dealkylation sites (tertiary alicyclic amines) is 1. The number of carbonyl (C=O) groups is 2. The summed E-state index contributed by atoms with van der Waals surface area (Å²) in [7, 11) is 0. The average Bonchev–Trinajstić information content (AvgIpc) is 3.53. The van der Waals surface area contributed by atoms with Gasteiger partial charge in [0.1, 0.15) is 12.1 Å². The van der Waals surface area contributed by atoms with E-state index < -0.39 is 23.6 Å². The molecule has 2 aliphatic heterocycles. The van der Waals surface area contributed by atoms with Gasteiger partial charge in [-0.15, -0.1) is 5.10 Å². The smallest absolute Gasteiger partial charge is 0.248 e. The Labute approximate surface area is 237 Å². The molecule has 0 bridgehead atoms. The summed E-state index contributed by atoms with van der Waals surface area (Å²) in [6.07, 6.45) is 4.07. The Balaban J connectivity index is 1.27. The summed E-state index contributed by atoms with van der Waals surface area (Å²) < 4.78 is 7.77. The molecule has 5 atom stereocenters. The lowest BCUT2D eigenvalue weighted by atomic mass is 9.85. The molecule has 2 aromatic rings.